The monoisotopic (exact) mass is 206 g/mol. The Kier molecular flexibility index (Phi) is 2.47. The SMILES string of the molecule is CCc1oc2c(c(=O)c1C)C(=O)CCC2. The molecule has 0 radical (unpaired) electrons. The number of aryl methyl sites for hydroxylation is 2. The molecule has 1 aromatic rings. The van der Waals surface area contributed by atoms with Gasteiger partial charge in [0.1, 0.15) is 17.1 Å². The third-order valence-corrected chi connectivity index (χ3v) is 2.92. The molecule has 0 unspecified atom stereocenters. The van der Waals surface area contributed by atoms with Crippen molar-refractivity contribution in [3.63, 3.8) is 0 Å². The molecule has 1 aliphatic rings. The molecule has 0 fully saturated rings. The molecule has 0 saturated heterocycles. The third-order valence-electron chi connectivity index (χ3n) is 2.92. The fourth-order valence-electron chi connectivity index (χ4n) is 2.05. The van der Waals surface area contributed by atoms with E-state index in [1.54, 1.807) is 6.92 Å². The molecule has 80 valence electrons. The Labute approximate surface area is 88.1 Å². The highest BCUT2D eigenvalue weighted by Crippen LogP contribution is 2.21. The van der Waals surface area contributed by atoms with Gasteiger partial charge in [-0.15, -0.1) is 0 Å². The van der Waals surface area contributed by atoms with Gasteiger partial charge in [0.05, 0.1) is 0 Å². The van der Waals surface area contributed by atoms with Crippen molar-refractivity contribution in [2.75, 3.05) is 0 Å². The van der Waals surface area contributed by atoms with Crippen molar-refractivity contribution in [1.82, 2.24) is 0 Å². The molecule has 0 aromatic carbocycles. The van der Waals surface area contributed by atoms with Gasteiger partial charge in [-0.1, -0.05) is 6.92 Å². The van der Waals surface area contributed by atoms with Crippen LogP contribution in [-0.4, -0.2) is 5.78 Å². The highest BCUT2D eigenvalue weighted by molar-refractivity contribution is 5.97. The summed E-state index contributed by atoms with van der Waals surface area (Å²) >= 11 is 0. The van der Waals surface area contributed by atoms with Crippen LogP contribution < -0.4 is 5.43 Å². The second kappa shape index (κ2) is 3.65. The van der Waals surface area contributed by atoms with E-state index in [1.807, 2.05) is 6.92 Å². The standard InChI is InChI=1S/C12H14O3/c1-3-9-7(2)12(14)11-8(13)5-4-6-10(11)15-9/h3-6H2,1-2H3. The van der Waals surface area contributed by atoms with E-state index in [-0.39, 0.29) is 11.2 Å². The fourth-order valence-corrected chi connectivity index (χ4v) is 2.05. The predicted octanol–water partition coefficient (Wildman–Crippen LogP) is 2.03. The minimum atomic E-state index is -0.127. The van der Waals surface area contributed by atoms with E-state index in [9.17, 15) is 9.59 Å². The number of hydrogen-bond donors (Lipinski definition) is 0. The summed E-state index contributed by atoms with van der Waals surface area (Å²) in [4.78, 5) is 23.5. The minimum absolute atomic E-state index is 0.0595. The van der Waals surface area contributed by atoms with E-state index >= 15 is 0 Å². The summed E-state index contributed by atoms with van der Waals surface area (Å²) in [5, 5.41) is 0. The normalized spacial score (nSPS) is 15.2. The molecule has 0 atom stereocenters. The van der Waals surface area contributed by atoms with Gasteiger partial charge < -0.3 is 4.42 Å². The molecule has 15 heavy (non-hydrogen) atoms. The molecule has 0 saturated carbocycles. The largest absolute Gasteiger partial charge is 0.465 e. The fraction of sp³-hybridized carbons (Fsp3) is 0.500. The van der Waals surface area contributed by atoms with E-state index in [0.29, 0.717) is 41.9 Å². The van der Waals surface area contributed by atoms with E-state index in [1.165, 1.54) is 0 Å². The quantitative estimate of drug-likeness (QED) is 0.706. The van der Waals surface area contributed by atoms with E-state index in [4.69, 9.17) is 4.42 Å². The van der Waals surface area contributed by atoms with Gasteiger partial charge >= 0.3 is 0 Å². The van der Waals surface area contributed by atoms with Crippen molar-refractivity contribution in [2.45, 2.75) is 39.5 Å². The molecule has 0 aliphatic heterocycles. The molecule has 0 amide bonds. The first-order valence-corrected chi connectivity index (χ1v) is 5.33. The highest BCUT2D eigenvalue weighted by Gasteiger charge is 2.24. The maximum atomic E-state index is 11.9. The third kappa shape index (κ3) is 1.52. The maximum Gasteiger partial charge on any atom is 0.199 e. The summed E-state index contributed by atoms with van der Waals surface area (Å²) in [5.74, 6) is 1.25. The number of carbonyl (C=O) groups is 1. The lowest BCUT2D eigenvalue weighted by Crippen LogP contribution is -2.24. The molecule has 2 rings (SSSR count). The van der Waals surface area contributed by atoms with Gasteiger partial charge in [-0.05, 0) is 13.3 Å². The second-order valence-corrected chi connectivity index (χ2v) is 3.91. The summed E-state index contributed by atoms with van der Waals surface area (Å²) in [6.45, 7) is 3.68. The average Bonchev–Trinajstić information content (AvgIpc) is 2.23. The lowest BCUT2D eigenvalue weighted by Gasteiger charge is -2.14. The Morgan fingerprint density at radius 1 is 1.27 bits per heavy atom. The van der Waals surface area contributed by atoms with Crippen molar-refractivity contribution in [2.24, 2.45) is 0 Å². The van der Waals surface area contributed by atoms with Crippen LogP contribution in [0.3, 0.4) is 0 Å². The highest BCUT2D eigenvalue weighted by atomic mass is 16.3. The van der Waals surface area contributed by atoms with Crippen LogP contribution in [0.2, 0.25) is 0 Å². The van der Waals surface area contributed by atoms with E-state index in [2.05, 4.69) is 0 Å². The van der Waals surface area contributed by atoms with Crippen LogP contribution in [0.4, 0.5) is 0 Å². The Hall–Kier alpha value is -1.38. The summed E-state index contributed by atoms with van der Waals surface area (Å²) in [7, 11) is 0. The lowest BCUT2D eigenvalue weighted by atomic mass is 9.94. The first kappa shape index (κ1) is 10.1. The minimum Gasteiger partial charge on any atom is -0.465 e. The second-order valence-electron chi connectivity index (χ2n) is 3.91. The molecule has 0 spiro atoms. The summed E-state index contributed by atoms with van der Waals surface area (Å²) in [6.07, 6.45) is 2.68. The van der Waals surface area contributed by atoms with Gasteiger partial charge in [0, 0.05) is 24.8 Å². The number of carbonyl (C=O) groups excluding carboxylic acids is 1. The van der Waals surface area contributed by atoms with Crippen molar-refractivity contribution < 1.29 is 9.21 Å². The van der Waals surface area contributed by atoms with Gasteiger partial charge in [0.25, 0.3) is 0 Å². The Morgan fingerprint density at radius 2 is 2.00 bits per heavy atom. The van der Waals surface area contributed by atoms with Crippen molar-refractivity contribution in [1.29, 1.82) is 0 Å². The van der Waals surface area contributed by atoms with Gasteiger partial charge in [0.15, 0.2) is 11.2 Å². The first-order chi connectivity index (χ1) is 7.15. The zero-order valence-corrected chi connectivity index (χ0v) is 9.05. The Morgan fingerprint density at radius 3 is 2.67 bits per heavy atom. The molecule has 1 heterocycles. The number of Topliss-reactive ketones (excluding diaryl/α,β-unsaturated/α-hetero) is 1. The van der Waals surface area contributed by atoms with Crippen molar-refractivity contribution >= 4 is 5.78 Å². The molecule has 3 nitrogen and oxygen atoms in total. The van der Waals surface area contributed by atoms with Crippen LogP contribution in [0.5, 0.6) is 0 Å². The summed E-state index contributed by atoms with van der Waals surface area (Å²) < 4.78 is 5.61. The first-order valence-electron chi connectivity index (χ1n) is 5.33. The number of ketones is 1. The van der Waals surface area contributed by atoms with Gasteiger partial charge in [-0.3, -0.25) is 9.59 Å². The average molecular weight is 206 g/mol. The van der Waals surface area contributed by atoms with Crippen molar-refractivity contribution in [3.8, 4) is 0 Å². The molecular weight excluding hydrogens is 192 g/mol. The Bertz CT molecular complexity index is 468. The van der Waals surface area contributed by atoms with E-state index < -0.39 is 0 Å². The number of fused-ring (bicyclic) bond motifs is 1. The van der Waals surface area contributed by atoms with Crippen LogP contribution in [-0.2, 0) is 12.8 Å². The predicted molar refractivity (Wildman–Crippen MR) is 56.4 cm³/mol. The summed E-state index contributed by atoms with van der Waals surface area (Å²) in [5.41, 5.74) is 0.764. The molecule has 1 aliphatic carbocycles. The zero-order chi connectivity index (χ0) is 11.0. The molecule has 1 aromatic heterocycles. The summed E-state index contributed by atoms with van der Waals surface area (Å²) in [6, 6.07) is 0. The van der Waals surface area contributed by atoms with Crippen LogP contribution in [0.1, 0.15) is 47.2 Å². The van der Waals surface area contributed by atoms with Crippen LogP contribution >= 0.6 is 0 Å². The van der Waals surface area contributed by atoms with Crippen LogP contribution in [0.15, 0.2) is 9.21 Å². The molecule has 0 bridgehead atoms. The van der Waals surface area contributed by atoms with Crippen LogP contribution in [0, 0.1) is 6.92 Å². The lowest BCUT2D eigenvalue weighted by molar-refractivity contribution is 0.0964. The Balaban J connectivity index is 2.72. The van der Waals surface area contributed by atoms with Crippen LogP contribution in [0.25, 0.3) is 0 Å². The topological polar surface area (TPSA) is 47.3 Å². The zero-order valence-electron chi connectivity index (χ0n) is 9.05. The smallest absolute Gasteiger partial charge is 0.199 e. The van der Waals surface area contributed by atoms with Gasteiger partial charge in [0.2, 0.25) is 0 Å². The molecular formula is C12H14O3. The van der Waals surface area contributed by atoms with Gasteiger partial charge in [-0.25, -0.2) is 0 Å². The van der Waals surface area contributed by atoms with Gasteiger partial charge in [-0.2, -0.15) is 0 Å². The maximum absolute atomic E-state index is 11.9. The number of hydrogen-bond acceptors (Lipinski definition) is 3. The van der Waals surface area contributed by atoms with E-state index in [0.717, 1.165) is 6.42 Å². The number of rotatable bonds is 1. The molecule has 0 N–H and O–H groups in total. The molecule has 3 heteroatoms. The van der Waals surface area contributed by atoms with Crippen molar-refractivity contribution in [3.05, 3.63) is 32.9 Å².